The van der Waals surface area contributed by atoms with Gasteiger partial charge in [-0.1, -0.05) is 17.3 Å². The van der Waals surface area contributed by atoms with Gasteiger partial charge in [-0.25, -0.2) is 8.42 Å². The van der Waals surface area contributed by atoms with Crippen molar-refractivity contribution in [1.82, 2.24) is 14.4 Å². The lowest BCUT2D eigenvalue weighted by atomic mass is 10.0. The fourth-order valence-electron chi connectivity index (χ4n) is 3.08. The van der Waals surface area contributed by atoms with Crippen molar-refractivity contribution in [3.05, 3.63) is 43.1 Å². The number of hydrogen-bond donors (Lipinski definition) is 1. The molecule has 0 amide bonds. The van der Waals surface area contributed by atoms with E-state index in [0.29, 0.717) is 36.0 Å². The van der Waals surface area contributed by atoms with E-state index in [9.17, 15) is 8.42 Å². The summed E-state index contributed by atoms with van der Waals surface area (Å²) in [5, 5.41) is 5.08. The Morgan fingerprint density at radius 2 is 2.12 bits per heavy atom. The van der Waals surface area contributed by atoms with Crippen molar-refractivity contribution in [2.75, 3.05) is 13.1 Å². The summed E-state index contributed by atoms with van der Waals surface area (Å²) >= 11 is 0. The van der Waals surface area contributed by atoms with E-state index in [1.54, 1.807) is 30.7 Å². The predicted octanol–water partition coefficient (Wildman–Crippen LogP) is 1.61. The molecule has 0 radical (unpaired) electrons. The topological polar surface area (TPSA) is 102 Å². The number of fused-ring (bicyclic) bond motifs is 1. The zero-order valence-corrected chi connectivity index (χ0v) is 13.6. The second-order valence-corrected chi connectivity index (χ2v) is 7.77. The van der Waals surface area contributed by atoms with E-state index < -0.39 is 10.0 Å². The van der Waals surface area contributed by atoms with Crippen molar-refractivity contribution >= 4 is 20.8 Å². The maximum Gasteiger partial charge on any atom is 0.243 e. The summed E-state index contributed by atoms with van der Waals surface area (Å²) in [7, 11) is -3.64. The lowest BCUT2D eigenvalue weighted by molar-refractivity contribution is 0.420. The van der Waals surface area contributed by atoms with Crippen LogP contribution in [0, 0.1) is 0 Å². The molecule has 1 atom stereocenters. The van der Waals surface area contributed by atoms with Crippen LogP contribution in [0.5, 0.6) is 0 Å². The number of rotatable bonds is 3. The fourth-order valence-corrected chi connectivity index (χ4v) is 4.83. The van der Waals surface area contributed by atoms with Gasteiger partial charge in [-0.05, 0) is 12.5 Å². The van der Waals surface area contributed by atoms with Gasteiger partial charge >= 0.3 is 0 Å². The standard InChI is InChI=1S/C16H16N4O3S/c17-13-4-5-20(9-13)24(21,22)15-3-1-2-11-6-18-8-14(16(11)15)12-7-19-23-10-12/h1-3,6-8,10,13H,4-5,9,17H2. The van der Waals surface area contributed by atoms with E-state index in [2.05, 4.69) is 10.1 Å². The molecule has 2 N–H and O–H groups in total. The van der Waals surface area contributed by atoms with Gasteiger partial charge in [0.25, 0.3) is 0 Å². The van der Waals surface area contributed by atoms with E-state index in [1.165, 1.54) is 10.6 Å². The van der Waals surface area contributed by atoms with E-state index >= 15 is 0 Å². The largest absolute Gasteiger partial charge is 0.364 e. The number of sulfonamides is 1. The quantitative estimate of drug-likeness (QED) is 0.774. The Hall–Kier alpha value is -2.29. The number of nitrogens with two attached hydrogens (primary N) is 1. The third-order valence-electron chi connectivity index (χ3n) is 4.29. The van der Waals surface area contributed by atoms with Crippen LogP contribution in [0.1, 0.15) is 6.42 Å². The normalized spacial score (nSPS) is 19.1. The summed E-state index contributed by atoms with van der Waals surface area (Å²) in [5.74, 6) is 0. The molecule has 3 heterocycles. The number of nitrogens with zero attached hydrogens (tertiary/aromatic N) is 3. The SMILES string of the molecule is NC1CCN(S(=O)(=O)c2cccc3cncc(-c4cnoc4)c23)C1. The van der Waals surface area contributed by atoms with Crippen LogP contribution >= 0.6 is 0 Å². The highest BCUT2D eigenvalue weighted by Crippen LogP contribution is 2.34. The van der Waals surface area contributed by atoms with Crippen LogP contribution in [0.25, 0.3) is 21.9 Å². The molecule has 3 aromatic rings. The van der Waals surface area contributed by atoms with Crippen LogP contribution in [0.3, 0.4) is 0 Å². The molecule has 1 unspecified atom stereocenters. The predicted molar refractivity (Wildman–Crippen MR) is 88.6 cm³/mol. The lowest BCUT2D eigenvalue weighted by Gasteiger charge is -2.18. The Bertz CT molecular complexity index is 980. The molecule has 2 aromatic heterocycles. The molecule has 1 aliphatic rings. The van der Waals surface area contributed by atoms with Crippen LogP contribution < -0.4 is 5.73 Å². The van der Waals surface area contributed by atoms with Crippen molar-refractivity contribution in [2.45, 2.75) is 17.4 Å². The van der Waals surface area contributed by atoms with Crippen molar-refractivity contribution in [1.29, 1.82) is 0 Å². The molecule has 124 valence electrons. The van der Waals surface area contributed by atoms with Crippen molar-refractivity contribution in [3.63, 3.8) is 0 Å². The van der Waals surface area contributed by atoms with E-state index in [0.717, 1.165) is 5.39 Å². The average molecular weight is 344 g/mol. The van der Waals surface area contributed by atoms with Crippen LogP contribution in [-0.2, 0) is 10.0 Å². The maximum absolute atomic E-state index is 13.1. The van der Waals surface area contributed by atoms with Gasteiger partial charge in [0.2, 0.25) is 10.0 Å². The minimum atomic E-state index is -3.64. The van der Waals surface area contributed by atoms with Crippen LogP contribution in [0.2, 0.25) is 0 Å². The fraction of sp³-hybridized carbons (Fsp3) is 0.250. The summed E-state index contributed by atoms with van der Waals surface area (Å²) in [6.45, 7) is 0.778. The monoisotopic (exact) mass is 344 g/mol. The summed E-state index contributed by atoms with van der Waals surface area (Å²) in [6.07, 6.45) is 6.98. The first-order valence-electron chi connectivity index (χ1n) is 7.59. The van der Waals surface area contributed by atoms with Crippen LogP contribution in [-0.4, -0.2) is 42.0 Å². The smallest absolute Gasteiger partial charge is 0.243 e. The molecule has 0 saturated carbocycles. The first-order chi connectivity index (χ1) is 11.6. The van der Waals surface area contributed by atoms with Crippen molar-refractivity contribution < 1.29 is 12.9 Å². The molecule has 8 heteroatoms. The highest BCUT2D eigenvalue weighted by Gasteiger charge is 2.32. The maximum atomic E-state index is 13.1. The van der Waals surface area contributed by atoms with Gasteiger partial charge in [0.15, 0.2) is 0 Å². The molecule has 1 fully saturated rings. The van der Waals surface area contributed by atoms with E-state index in [1.807, 2.05) is 6.07 Å². The molecule has 24 heavy (non-hydrogen) atoms. The summed E-state index contributed by atoms with van der Waals surface area (Å²) < 4.78 is 32.6. The molecular weight excluding hydrogens is 328 g/mol. The molecule has 0 aliphatic carbocycles. The first-order valence-corrected chi connectivity index (χ1v) is 9.03. The molecule has 0 spiro atoms. The highest BCUT2D eigenvalue weighted by atomic mass is 32.2. The number of hydrogen-bond acceptors (Lipinski definition) is 6. The summed E-state index contributed by atoms with van der Waals surface area (Å²) in [4.78, 5) is 4.46. The minimum Gasteiger partial charge on any atom is -0.364 e. The van der Waals surface area contributed by atoms with Gasteiger partial charge in [0.1, 0.15) is 6.26 Å². The Morgan fingerprint density at radius 3 is 2.83 bits per heavy atom. The van der Waals surface area contributed by atoms with Crippen LogP contribution in [0.15, 0.2) is 52.5 Å². The molecule has 0 bridgehead atoms. The van der Waals surface area contributed by atoms with Gasteiger partial charge in [0.05, 0.1) is 11.1 Å². The molecule has 1 aliphatic heterocycles. The van der Waals surface area contributed by atoms with Gasteiger partial charge in [-0.15, -0.1) is 0 Å². The molecule has 4 rings (SSSR count). The zero-order chi connectivity index (χ0) is 16.7. The lowest BCUT2D eigenvalue weighted by Crippen LogP contribution is -2.32. The summed E-state index contributed by atoms with van der Waals surface area (Å²) in [5.41, 5.74) is 7.25. The number of aromatic nitrogens is 2. The van der Waals surface area contributed by atoms with Crippen molar-refractivity contribution in [2.24, 2.45) is 5.73 Å². The Balaban J connectivity index is 1.96. The van der Waals surface area contributed by atoms with Gasteiger partial charge < -0.3 is 10.3 Å². The van der Waals surface area contributed by atoms with E-state index in [-0.39, 0.29) is 10.9 Å². The minimum absolute atomic E-state index is 0.117. The third kappa shape index (κ3) is 2.39. The third-order valence-corrected chi connectivity index (χ3v) is 6.20. The summed E-state index contributed by atoms with van der Waals surface area (Å²) in [6, 6.07) is 5.07. The van der Waals surface area contributed by atoms with Gasteiger partial charge in [-0.3, -0.25) is 4.98 Å². The van der Waals surface area contributed by atoms with Gasteiger partial charge in [-0.2, -0.15) is 4.31 Å². The highest BCUT2D eigenvalue weighted by molar-refractivity contribution is 7.89. The van der Waals surface area contributed by atoms with Gasteiger partial charge in [0, 0.05) is 53.4 Å². The second kappa shape index (κ2) is 5.66. The molecular formula is C16H16N4O3S. The molecule has 7 nitrogen and oxygen atoms in total. The Morgan fingerprint density at radius 1 is 1.25 bits per heavy atom. The Kier molecular flexibility index (Phi) is 3.60. The van der Waals surface area contributed by atoms with Crippen LogP contribution in [0.4, 0.5) is 0 Å². The Labute approximate surface area is 139 Å². The van der Waals surface area contributed by atoms with E-state index in [4.69, 9.17) is 10.3 Å². The molecule has 1 aromatic carbocycles. The first kappa shape index (κ1) is 15.3. The number of pyridine rings is 1. The molecule has 1 saturated heterocycles. The number of benzene rings is 1. The van der Waals surface area contributed by atoms with Crippen molar-refractivity contribution in [3.8, 4) is 11.1 Å². The zero-order valence-electron chi connectivity index (χ0n) is 12.8. The average Bonchev–Trinajstić information content (AvgIpc) is 3.25. The second-order valence-electron chi connectivity index (χ2n) is 5.87.